The van der Waals surface area contributed by atoms with Crippen molar-refractivity contribution in [1.82, 2.24) is 9.88 Å². The number of nitrogens with one attached hydrogen (secondary N) is 1. The van der Waals surface area contributed by atoms with Crippen molar-refractivity contribution in [2.75, 3.05) is 37.0 Å². The minimum atomic E-state index is -0.350. The molecule has 0 radical (unpaired) electrons. The lowest BCUT2D eigenvalue weighted by Crippen LogP contribution is -2.41. The monoisotopic (exact) mass is 406 g/mol. The van der Waals surface area contributed by atoms with Crippen molar-refractivity contribution in [2.45, 2.75) is 18.8 Å². The van der Waals surface area contributed by atoms with Crippen molar-refractivity contribution < 1.29 is 14.3 Å². The number of thiazole rings is 1. The highest BCUT2D eigenvalue weighted by Gasteiger charge is 2.50. The second-order valence-corrected chi connectivity index (χ2v) is 8.55. The number of aryl methyl sites for hydroxylation is 1. The predicted octanol–water partition coefficient (Wildman–Crippen LogP) is 3.87. The molecule has 1 fully saturated rings. The summed E-state index contributed by atoms with van der Waals surface area (Å²) in [6, 6.07) is 5.31. The highest BCUT2D eigenvalue weighted by atomic mass is 35.5. The van der Waals surface area contributed by atoms with Gasteiger partial charge in [0.25, 0.3) is 0 Å². The number of methoxy groups -OCH3 is 1. The number of halogens is 1. The molecule has 9 heteroatoms. The van der Waals surface area contributed by atoms with E-state index in [9.17, 15) is 9.59 Å². The maximum Gasteiger partial charge on any atom is 0.409 e. The molecular formula is C18H19ClN4O3S. The van der Waals surface area contributed by atoms with E-state index in [1.165, 1.54) is 18.4 Å². The SMILES string of the molecule is COC(=O)N1CC[C@@]2(C1)CN(C(=O)Nc1ncc(C)s1)c1ccc(Cl)cc12. The van der Waals surface area contributed by atoms with E-state index < -0.39 is 0 Å². The number of anilines is 2. The number of hydrogen-bond donors (Lipinski definition) is 1. The van der Waals surface area contributed by atoms with Gasteiger partial charge in [0.05, 0.1) is 7.11 Å². The Bertz CT molecular complexity index is 918. The molecule has 1 atom stereocenters. The highest BCUT2D eigenvalue weighted by Crippen LogP contribution is 2.47. The molecule has 27 heavy (non-hydrogen) atoms. The first-order valence-electron chi connectivity index (χ1n) is 8.56. The quantitative estimate of drug-likeness (QED) is 0.780. The summed E-state index contributed by atoms with van der Waals surface area (Å²) in [6.45, 7) is 3.49. The van der Waals surface area contributed by atoms with Crippen molar-refractivity contribution in [3.63, 3.8) is 0 Å². The van der Waals surface area contributed by atoms with Gasteiger partial charge in [-0.1, -0.05) is 11.6 Å². The van der Waals surface area contributed by atoms with Crippen LogP contribution in [-0.2, 0) is 10.2 Å². The summed E-state index contributed by atoms with van der Waals surface area (Å²) >= 11 is 7.67. The molecule has 1 saturated heterocycles. The minimum Gasteiger partial charge on any atom is -0.453 e. The normalized spacial score (nSPS) is 20.9. The molecule has 1 spiro atoms. The van der Waals surface area contributed by atoms with Crippen LogP contribution in [0.1, 0.15) is 16.9 Å². The van der Waals surface area contributed by atoms with Crippen LogP contribution in [0.25, 0.3) is 0 Å². The van der Waals surface area contributed by atoms with E-state index in [-0.39, 0.29) is 17.5 Å². The molecule has 0 saturated carbocycles. The summed E-state index contributed by atoms with van der Waals surface area (Å²) in [5.41, 5.74) is 1.47. The third-order valence-electron chi connectivity index (χ3n) is 5.15. The van der Waals surface area contributed by atoms with Gasteiger partial charge in [-0.25, -0.2) is 14.6 Å². The molecular weight excluding hydrogens is 388 g/mol. The fourth-order valence-electron chi connectivity index (χ4n) is 3.90. The van der Waals surface area contributed by atoms with Crippen LogP contribution in [0.3, 0.4) is 0 Å². The number of fused-ring (bicyclic) bond motifs is 2. The van der Waals surface area contributed by atoms with Gasteiger partial charge in [-0.05, 0) is 37.1 Å². The molecule has 0 unspecified atom stereocenters. The molecule has 142 valence electrons. The van der Waals surface area contributed by atoms with E-state index in [0.717, 1.165) is 22.5 Å². The fourth-order valence-corrected chi connectivity index (χ4v) is 4.73. The Morgan fingerprint density at radius 2 is 2.19 bits per heavy atom. The number of benzene rings is 1. The standard InChI is InChI=1S/C18H19ClN4O3S/c1-11-8-20-15(27-11)21-16(24)23-10-18(5-6-22(9-18)17(25)26-2)13-7-12(19)3-4-14(13)23/h3-4,7-8H,5-6,9-10H2,1-2H3,(H,20,21,24)/t18-/m1/s1. The summed E-state index contributed by atoms with van der Waals surface area (Å²) in [7, 11) is 1.38. The van der Waals surface area contributed by atoms with Gasteiger partial charge >= 0.3 is 12.1 Å². The summed E-state index contributed by atoms with van der Waals surface area (Å²) in [5.74, 6) is 0. The number of nitrogens with zero attached hydrogens (tertiary/aromatic N) is 3. The first kappa shape index (κ1) is 18.1. The van der Waals surface area contributed by atoms with Gasteiger partial charge in [0.2, 0.25) is 0 Å². The molecule has 1 aromatic heterocycles. The topological polar surface area (TPSA) is 74.8 Å². The average molecular weight is 407 g/mol. The Kier molecular flexibility index (Phi) is 4.47. The molecule has 2 aliphatic rings. The fraction of sp³-hybridized carbons (Fsp3) is 0.389. The molecule has 0 aliphatic carbocycles. The van der Waals surface area contributed by atoms with E-state index >= 15 is 0 Å². The van der Waals surface area contributed by atoms with Crippen LogP contribution >= 0.6 is 22.9 Å². The molecule has 3 amide bonds. The van der Waals surface area contributed by atoms with Gasteiger partial charge in [0, 0.05) is 46.8 Å². The Labute approximate surface area is 165 Å². The van der Waals surface area contributed by atoms with Gasteiger partial charge in [-0.15, -0.1) is 11.3 Å². The van der Waals surface area contributed by atoms with Crippen molar-refractivity contribution >= 4 is 45.9 Å². The molecule has 2 aliphatic heterocycles. The van der Waals surface area contributed by atoms with Crippen molar-refractivity contribution in [1.29, 1.82) is 0 Å². The highest BCUT2D eigenvalue weighted by molar-refractivity contribution is 7.15. The second-order valence-electron chi connectivity index (χ2n) is 6.88. The smallest absolute Gasteiger partial charge is 0.409 e. The first-order chi connectivity index (χ1) is 12.9. The van der Waals surface area contributed by atoms with Crippen LogP contribution in [0.15, 0.2) is 24.4 Å². The van der Waals surface area contributed by atoms with E-state index in [1.54, 1.807) is 22.1 Å². The lowest BCUT2D eigenvalue weighted by atomic mass is 9.81. The van der Waals surface area contributed by atoms with E-state index in [4.69, 9.17) is 16.3 Å². The second kappa shape index (κ2) is 6.69. The van der Waals surface area contributed by atoms with Crippen LogP contribution in [0.2, 0.25) is 5.02 Å². The summed E-state index contributed by atoms with van der Waals surface area (Å²) in [6.07, 6.45) is 2.12. The van der Waals surface area contributed by atoms with Crippen molar-refractivity contribution in [2.24, 2.45) is 0 Å². The molecule has 4 rings (SSSR count). The third kappa shape index (κ3) is 3.12. The first-order valence-corrected chi connectivity index (χ1v) is 9.75. The Balaban J connectivity index is 1.64. The number of urea groups is 1. The number of likely N-dealkylation sites (tertiary alicyclic amines) is 1. The number of ether oxygens (including phenoxy) is 1. The van der Waals surface area contributed by atoms with E-state index in [2.05, 4.69) is 10.3 Å². The molecule has 3 heterocycles. The number of carbonyl (C=O) groups excluding carboxylic acids is 2. The summed E-state index contributed by atoms with van der Waals surface area (Å²) in [4.78, 5) is 33.5. The number of hydrogen-bond acceptors (Lipinski definition) is 5. The third-order valence-corrected chi connectivity index (χ3v) is 6.21. The predicted molar refractivity (Wildman–Crippen MR) is 105 cm³/mol. The van der Waals surface area contributed by atoms with Crippen LogP contribution in [0.4, 0.5) is 20.4 Å². The van der Waals surface area contributed by atoms with Crippen LogP contribution in [0, 0.1) is 6.92 Å². The molecule has 2 aromatic rings. The zero-order chi connectivity index (χ0) is 19.2. The Morgan fingerprint density at radius 3 is 2.89 bits per heavy atom. The minimum absolute atomic E-state index is 0.235. The van der Waals surface area contributed by atoms with Gasteiger partial charge in [0.15, 0.2) is 5.13 Å². The number of carbonyl (C=O) groups is 2. The lowest BCUT2D eigenvalue weighted by molar-refractivity contribution is 0.131. The van der Waals surface area contributed by atoms with Crippen molar-refractivity contribution in [3.05, 3.63) is 39.9 Å². The van der Waals surface area contributed by atoms with Crippen LogP contribution in [0.5, 0.6) is 0 Å². The van der Waals surface area contributed by atoms with Crippen LogP contribution in [-0.4, -0.2) is 48.8 Å². The Hall–Kier alpha value is -2.32. The number of amides is 3. The molecule has 0 bridgehead atoms. The van der Waals surface area contributed by atoms with Crippen LogP contribution < -0.4 is 10.2 Å². The number of rotatable bonds is 1. The van der Waals surface area contributed by atoms with Gasteiger partial charge in [-0.2, -0.15) is 0 Å². The zero-order valence-corrected chi connectivity index (χ0v) is 16.6. The molecule has 1 aromatic carbocycles. The Morgan fingerprint density at radius 1 is 1.37 bits per heavy atom. The van der Waals surface area contributed by atoms with E-state index in [0.29, 0.717) is 29.8 Å². The molecule has 7 nitrogen and oxygen atoms in total. The van der Waals surface area contributed by atoms with Gasteiger partial charge in [0.1, 0.15) is 0 Å². The number of aromatic nitrogens is 1. The maximum atomic E-state index is 12.9. The molecule has 1 N–H and O–H groups in total. The zero-order valence-electron chi connectivity index (χ0n) is 15.0. The summed E-state index contributed by atoms with van der Waals surface area (Å²) in [5, 5.41) is 4.05. The van der Waals surface area contributed by atoms with E-state index in [1.807, 2.05) is 19.1 Å². The van der Waals surface area contributed by atoms with Crippen molar-refractivity contribution in [3.8, 4) is 0 Å². The average Bonchev–Trinajstić information content (AvgIpc) is 3.34. The lowest BCUT2D eigenvalue weighted by Gasteiger charge is -2.25. The maximum absolute atomic E-state index is 12.9. The largest absolute Gasteiger partial charge is 0.453 e. The summed E-state index contributed by atoms with van der Waals surface area (Å²) < 4.78 is 4.87. The van der Waals surface area contributed by atoms with Gasteiger partial charge < -0.3 is 9.64 Å². The van der Waals surface area contributed by atoms with Gasteiger partial charge in [-0.3, -0.25) is 10.2 Å².